The molecule has 0 saturated heterocycles. The Morgan fingerprint density at radius 3 is 2.86 bits per heavy atom. The van der Waals surface area contributed by atoms with E-state index in [2.05, 4.69) is 23.7 Å². The molecular formula is C12H16N2. The van der Waals surface area contributed by atoms with Gasteiger partial charge in [0, 0.05) is 17.5 Å². The summed E-state index contributed by atoms with van der Waals surface area (Å²) in [4.78, 5) is 4.16. The first-order valence-corrected chi connectivity index (χ1v) is 4.92. The quantitative estimate of drug-likeness (QED) is 0.720. The Balaban J connectivity index is 2.63. The van der Waals surface area contributed by atoms with Gasteiger partial charge in [0.1, 0.15) is 0 Å². The van der Waals surface area contributed by atoms with E-state index in [1.807, 2.05) is 19.1 Å². The highest BCUT2D eigenvalue weighted by atomic mass is 14.7. The second-order valence-electron chi connectivity index (χ2n) is 3.35. The van der Waals surface area contributed by atoms with Crippen molar-refractivity contribution < 1.29 is 0 Å². The molecule has 0 radical (unpaired) electrons. The molecule has 0 bridgehead atoms. The molecule has 1 heterocycles. The second kappa shape index (κ2) is 5.41. The van der Waals surface area contributed by atoms with Gasteiger partial charge in [0.05, 0.1) is 6.04 Å². The van der Waals surface area contributed by atoms with Gasteiger partial charge in [-0.1, -0.05) is 25.2 Å². The Hall–Kier alpha value is -1.33. The summed E-state index contributed by atoms with van der Waals surface area (Å²) in [6.45, 7) is 4.06. The first-order chi connectivity index (χ1) is 6.72. The number of nitrogens with two attached hydrogens (primary N) is 1. The summed E-state index contributed by atoms with van der Waals surface area (Å²) < 4.78 is 0. The molecule has 2 heteroatoms. The van der Waals surface area contributed by atoms with Gasteiger partial charge in [-0.2, -0.15) is 0 Å². The van der Waals surface area contributed by atoms with Gasteiger partial charge >= 0.3 is 0 Å². The maximum Gasteiger partial charge on any atom is 0.0668 e. The van der Waals surface area contributed by atoms with Crippen molar-refractivity contribution in [1.82, 2.24) is 4.98 Å². The molecule has 0 saturated carbocycles. The lowest BCUT2D eigenvalue weighted by molar-refractivity contribution is 0.720. The smallest absolute Gasteiger partial charge is 0.0668 e. The highest BCUT2D eigenvalue weighted by Crippen LogP contribution is 1.97. The van der Waals surface area contributed by atoms with E-state index in [0.717, 1.165) is 24.1 Å². The van der Waals surface area contributed by atoms with Crippen LogP contribution in [0.5, 0.6) is 0 Å². The van der Waals surface area contributed by atoms with Gasteiger partial charge in [-0.3, -0.25) is 4.98 Å². The number of rotatable bonds is 2. The SMILES string of the molecule is CCCC(N)C#Cc1ccc(C)nc1. The van der Waals surface area contributed by atoms with Crippen molar-refractivity contribution in [1.29, 1.82) is 0 Å². The van der Waals surface area contributed by atoms with Gasteiger partial charge in [-0.15, -0.1) is 0 Å². The molecule has 2 N–H and O–H groups in total. The molecule has 1 unspecified atom stereocenters. The first kappa shape index (κ1) is 10.7. The summed E-state index contributed by atoms with van der Waals surface area (Å²) in [5, 5.41) is 0. The molecule has 14 heavy (non-hydrogen) atoms. The van der Waals surface area contributed by atoms with Crippen molar-refractivity contribution in [3.8, 4) is 11.8 Å². The molecule has 1 rings (SSSR count). The molecule has 0 spiro atoms. The van der Waals surface area contributed by atoms with E-state index in [-0.39, 0.29) is 6.04 Å². The normalized spacial score (nSPS) is 11.6. The van der Waals surface area contributed by atoms with Crippen LogP contribution in [0, 0.1) is 18.8 Å². The molecule has 0 amide bonds. The van der Waals surface area contributed by atoms with E-state index in [0.29, 0.717) is 0 Å². The van der Waals surface area contributed by atoms with E-state index in [4.69, 9.17) is 5.73 Å². The van der Waals surface area contributed by atoms with E-state index in [1.54, 1.807) is 6.20 Å². The van der Waals surface area contributed by atoms with Crippen LogP contribution in [-0.4, -0.2) is 11.0 Å². The summed E-state index contributed by atoms with van der Waals surface area (Å²) in [5.41, 5.74) is 7.71. The van der Waals surface area contributed by atoms with Crippen molar-refractivity contribution in [2.45, 2.75) is 32.7 Å². The summed E-state index contributed by atoms with van der Waals surface area (Å²) in [6.07, 6.45) is 3.80. The molecule has 74 valence electrons. The van der Waals surface area contributed by atoms with Crippen molar-refractivity contribution in [3.63, 3.8) is 0 Å². The van der Waals surface area contributed by atoms with Gasteiger partial charge in [0.25, 0.3) is 0 Å². The Morgan fingerprint density at radius 1 is 1.50 bits per heavy atom. The van der Waals surface area contributed by atoms with Crippen molar-refractivity contribution in [3.05, 3.63) is 29.6 Å². The van der Waals surface area contributed by atoms with Crippen LogP contribution in [0.1, 0.15) is 31.0 Å². The van der Waals surface area contributed by atoms with Crippen molar-refractivity contribution >= 4 is 0 Å². The molecule has 0 aliphatic heterocycles. The summed E-state index contributed by atoms with van der Waals surface area (Å²) in [6, 6.07) is 3.91. The number of aryl methyl sites for hydroxylation is 1. The fraction of sp³-hybridized carbons (Fsp3) is 0.417. The minimum absolute atomic E-state index is 0.0127. The Bertz CT molecular complexity index is 330. The van der Waals surface area contributed by atoms with E-state index >= 15 is 0 Å². The standard InChI is InChI=1S/C12H16N2/c1-3-4-12(13)8-7-11-6-5-10(2)14-9-11/h5-6,9,12H,3-4,13H2,1-2H3. The zero-order valence-corrected chi connectivity index (χ0v) is 8.75. The molecular weight excluding hydrogens is 172 g/mol. The zero-order valence-electron chi connectivity index (χ0n) is 8.75. The van der Waals surface area contributed by atoms with Crippen LogP contribution in [0.4, 0.5) is 0 Å². The lowest BCUT2D eigenvalue weighted by Crippen LogP contribution is -2.16. The minimum atomic E-state index is -0.0127. The molecule has 1 aromatic heterocycles. The maximum atomic E-state index is 5.77. The summed E-state index contributed by atoms with van der Waals surface area (Å²) >= 11 is 0. The van der Waals surface area contributed by atoms with Crippen LogP contribution in [0.15, 0.2) is 18.3 Å². The Kier molecular flexibility index (Phi) is 4.15. The molecule has 0 fully saturated rings. The number of aromatic nitrogens is 1. The second-order valence-corrected chi connectivity index (χ2v) is 3.35. The van der Waals surface area contributed by atoms with Gasteiger partial charge in [-0.05, 0) is 25.5 Å². The van der Waals surface area contributed by atoms with Crippen molar-refractivity contribution in [2.24, 2.45) is 5.73 Å². The average molecular weight is 188 g/mol. The van der Waals surface area contributed by atoms with Crippen LogP contribution >= 0.6 is 0 Å². The van der Waals surface area contributed by atoms with Crippen LogP contribution in [-0.2, 0) is 0 Å². The van der Waals surface area contributed by atoms with Crippen LogP contribution < -0.4 is 5.73 Å². The first-order valence-electron chi connectivity index (χ1n) is 4.92. The molecule has 1 atom stereocenters. The molecule has 0 aliphatic carbocycles. The molecule has 1 aromatic rings. The lowest BCUT2D eigenvalue weighted by Gasteiger charge is -1.98. The topological polar surface area (TPSA) is 38.9 Å². The van der Waals surface area contributed by atoms with Crippen LogP contribution in [0.3, 0.4) is 0 Å². The predicted molar refractivity (Wildman–Crippen MR) is 58.7 cm³/mol. The molecule has 0 aromatic carbocycles. The summed E-state index contributed by atoms with van der Waals surface area (Å²) in [5.74, 6) is 6.03. The highest BCUT2D eigenvalue weighted by Gasteiger charge is 1.93. The number of nitrogens with zero attached hydrogens (tertiary/aromatic N) is 1. The lowest BCUT2D eigenvalue weighted by atomic mass is 10.1. The van der Waals surface area contributed by atoms with E-state index in [9.17, 15) is 0 Å². The predicted octanol–water partition coefficient (Wildman–Crippen LogP) is 1.87. The highest BCUT2D eigenvalue weighted by molar-refractivity contribution is 5.33. The average Bonchev–Trinajstić information content (AvgIpc) is 2.17. The van der Waals surface area contributed by atoms with E-state index < -0.39 is 0 Å². The largest absolute Gasteiger partial charge is 0.318 e. The number of hydrogen-bond acceptors (Lipinski definition) is 2. The monoisotopic (exact) mass is 188 g/mol. The van der Waals surface area contributed by atoms with Crippen LogP contribution in [0.25, 0.3) is 0 Å². The summed E-state index contributed by atoms with van der Waals surface area (Å²) in [7, 11) is 0. The van der Waals surface area contributed by atoms with Gasteiger partial charge in [0.2, 0.25) is 0 Å². The third-order valence-electron chi connectivity index (χ3n) is 1.91. The Morgan fingerprint density at radius 2 is 2.29 bits per heavy atom. The van der Waals surface area contributed by atoms with Crippen molar-refractivity contribution in [2.75, 3.05) is 0 Å². The third-order valence-corrected chi connectivity index (χ3v) is 1.91. The fourth-order valence-corrected chi connectivity index (χ4v) is 1.10. The maximum absolute atomic E-state index is 5.77. The number of pyridine rings is 1. The van der Waals surface area contributed by atoms with Crippen LogP contribution in [0.2, 0.25) is 0 Å². The van der Waals surface area contributed by atoms with E-state index in [1.165, 1.54) is 0 Å². The van der Waals surface area contributed by atoms with Gasteiger partial charge < -0.3 is 5.73 Å². The van der Waals surface area contributed by atoms with Gasteiger partial charge in [0.15, 0.2) is 0 Å². The number of hydrogen-bond donors (Lipinski definition) is 1. The fourth-order valence-electron chi connectivity index (χ4n) is 1.10. The molecule has 0 aliphatic rings. The van der Waals surface area contributed by atoms with Gasteiger partial charge in [-0.25, -0.2) is 0 Å². The third kappa shape index (κ3) is 3.59. The minimum Gasteiger partial charge on any atom is -0.318 e. The molecule has 2 nitrogen and oxygen atoms in total. The zero-order chi connectivity index (χ0) is 10.4. The Labute approximate surface area is 85.5 Å².